The van der Waals surface area contributed by atoms with Crippen LogP contribution in [-0.2, 0) is 4.74 Å². The van der Waals surface area contributed by atoms with Crippen LogP contribution in [0, 0.1) is 5.92 Å². The van der Waals surface area contributed by atoms with Crippen molar-refractivity contribution >= 4 is 33.3 Å². The molecule has 1 fully saturated rings. The Labute approximate surface area is 147 Å². The molecule has 0 saturated carbocycles. The van der Waals surface area contributed by atoms with Gasteiger partial charge in [0.1, 0.15) is 5.60 Å². The highest BCUT2D eigenvalue weighted by Gasteiger charge is 2.26. The van der Waals surface area contributed by atoms with E-state index in [1.807, 2.05) is 31.2 Å². The van der Waals surface area contributed by atoms with Gasteiger partial charge in [-0.2, -0.15) is 0 Å². The van der Waals surface area contributed by atoms with Crippen LogP contribution < -0.4 is 5.32 Å². The normalized spacial score (nSPS) is 16.4. The van der Waals surface area contributed by atoms with Crippen LogP contribution in [0.3, 0.4) is 0 Å². The minimum atomic E-state index is -0.426. The zero-order valence-corrected chi connectivity index (χ0v) is 15.4. The minimum absolute atomic E-state index is 0.190. The van der Waals surface area contributed by atoms with Crippen LogP contribution in [-0.4, -0.2) is 41.2 Å². The lowest BCUT2D eigenvalue weighted by Crippen LogP contribution is -2.42. The van der Waals surface area contributed by atoms with Crippen molar-refractivity contribution in [1.82, 2.24) is 9.88 Å². The number of nitrogens with one attached hydrogen (secondary N) is 1. The number of likely N-dealkylation sites (tertiary alicyclic amines) is 1. The molecule has 5 nitrogen and oxygen atoms in total. The zero-order valence-electron chi connectivity index (χ0n) is 14.5. The number of carbonyl (C=O) groups excluding carboxylic acids is 1. The molecule has 1 aromatic carbocycles. The van der Waals surface area contributed by atoms with Gasteiger partial charge in [0.15, 0.2) is 0 Å². The number of nitrogens with zero attached hydrogens (tertiary/aromatic N) is 2. The Morgan fingerprint density at radius 1 is 1.38 bits per heavy atom. The number of benzene rings is 1. The first-order valence-corrected chi connectivity index (χ1v) is 9.34. The van der Waals surface area contributed by atoms with E-state index in [1.54, 1.807) is 11.3 Å². The highest BCUT2D eigenvalue weighted by Crippen LogP contribution is 2.24. The number of thiazole rings is 1. The summed E-state index contributed by atoms with van der Waals surface area (Å²) >= 11 is 1.66. The monoisotopic (exact) mass is 347 g/mol. The zero-order chi connectivity index (χ0) is 17.2. The molecule has 0 aliphatic carbocycles. The number of rotatable bonds is 3. The second-order valence-electron chi connectivity index (χ2n) is 7.33. The van der Waals surface area contributed by atoms with Crippen molar-refractivity contribution in [2.24, 2.45) is 5.92 Å². The van der Waals surface area contributed by atoms with Crippen LogP contribution in [0.15, 0.2) is 23.7 Å². The topological polar surface area (TPSA) is 54.5 Å². The third kappa shape index (κ3) is 4.38. The average molecular weight is 347 g/mol. The first-order chi connectivity index (χ1) is 11.4. The van der Waals surface area contributed by atoms with Crippen molar-refractivity contribution in [3.05, 3.63) is 23.7 Å². The van der Waals surface area contributed by atoms with E-state index in [0.717, 1.165) is 43.7 Å². The van der Waals surface area contributed by atoms with Crippen molar-refractivity contribution in [3.63, 3.8) is 0 Å². The van der Waals surface area contributed by atoms with E-state index < -0.39 is 5.60 Å². The summed E-state index contributed by atoms with van der Waals surface area (Å²) in [7, 11) is 0. The quantitative estimate of drug-likeness (QED) is 0.896. The second kappa shape index (κ2) is 6.97. The van der Waals surface area contributed by atoms with E-state index in [4.69, 9.17) is 4.74 Å². The molecule has 0 radical (unpaired) electrons. The number of carbonyl (C=O) groups is 1. The van der Waals surface area contributed by atoms with Gasteiger partial charge in [-0.1, -0.05) is 0 Å². The van der Waals surface area contributed by atoms with E-state index in [9.17, 15) is 4.79 Å². The molecule has 2 aromatic rings. The summed E-state index contributed by atoms with van der Waals surface area (Å²) in [6, 6.07) is 6.29. The summed E-state index contributed by atoms with van der Waals surface area (Å²) in [5, 5.41) is 3.52. The Hall–Kier alpha value is -1.82. The molecule has 130 valence electrons. The van der Waals surface area contributed by atoms with E-state index in [-0.39, 0.29) is 6.09 Å². The molecular formula is C18H25N3O2S. The third-order valence-corrected chi connectivity index (χ3v) is 4.98. The number of hydrogen-bond donors (Lipinski definition) is 1. The van der Waals surface area contributed by atoms with Gasteiger partial charge in [-0.05, 0) is 57.7 Å². The summed E-state index contributed by atoms with van der Waals surface area (Å²) < 4.78 is 6.65. The number of fused-ring (bicyclic) bond motifs is 1. The van der Waals surface area contributed by atoms with Crippen LogP contribution in [0.1, 0.15) is 33.6 Å². The fourth-order valence-corrected chi connectivity index (χ4v) is 3.59. The highest BCUT2D eigenvalue weighted by molar-refractivity contribution is 7.16. The molecule has 1 aliphatic heterocycles. The number of anilines is 1. The van der Waals surface area contributed by atoms with Gasteiger partial charge in [0.2, 0.25) is 0 Å². The molecule has 1 aliphatic rings. The molecule has 1 aromatic heterocycles. The second-order valence-corrected chi connectivity index (χ2v) is 8.21. The van der Waals surface area contributed by atoms with E-state index in [0.29, 0.717) is 5.92 Å². The summed E-state index contributed by atoms with van der Waals surface area (Å²) in [4.78, 5) is 18.2. The largest absolute Gasteiger partial charge is 0.444 e. The molecule has 24 heavy (non-hydrogen) atoms. The molecular weight excluding hydrogens is 322 g/mol. The highest BCUT2D eigenvalue weighted by atomic mass is 32.1. The van der Waals surface area contributed by atoms with Crippen LogP contribution in [0.5, 0.6) is 0 Å². The molecule has 0 atom stereocenters. The Balaban J connectivity index is 1.46. The Bertz CT molecular complexity index is 700. The van der Waals surface area contributed by atoms with E-state index in [1.165, 1.54) is 4.70 Å². The van der Waals surface area contributed by atoms with Gasteiger partial charge >= 0.3 is 6.09 Å². The lowest BCUT2D eigenvalue weighted by Gasteiger charge is -2.33. The number of piperidine rings is 1. The van der Waals surface area contributed by atoms with E-state index in [2.05, 4.69) is 28.5 Å². The lowest BCUT2D eigenvalue weighted by molar-refractivity contribution is 0.0188. The number of aromatic nitrogens is 1. The molecule has 6 heteroatoms. The predicted molar refractivity (Wildman–Crippen MR) is 98.6 cm³/mol. The molecule has 3 rings (SSSR count). The molecule has 2 heterocycles. The maximum Gasteiger partial charge on any atom is 0.410 e. The van der Waals surface area contributed by atoms with Crippen molar-refractivity contribution in [2.45, 2.75) is 39.2 Å². The van der Waals surface area contributed by atoms with Gasteiger partial charge in [-0.25, -0.2) is 9.78 Å². The van der Waals surface area contributed by atoms with Crippen molar-refractivity contribution in [2.75, 3.05) is 25.0 Å². The average Bonchev–Trinajstić information content (AvgIpc) is 2.99. The summed E-state index contributed by atoms with van der Waals surface area (Å²) in [6.45, 7) is 8.20. The maximum atomic E-state index is 12.1. The minimum Gasteiger partial charge on any atom is -0.444 e. The van der Waals surface area contributed by atoms with Gasteiger partial charge in [0, 0.05) is 25.3 Å². The van der Waals surface area contributed by atoms with Crippen molar-refractivity contribution in [3.8, 4) is 0 Å². The van der Waals surface area contributed by atoms with Gasteiger partial charge in [-0.3, -0.25) is 0 Å². The fraction of sp³-hybridized carbons (Fsp3) is 0.556. The summed E-state index contributed by atoms with van der Waals surface area (Å²) in [5.74, 6) is 0.584. The Morgan fingerprint density at radius 2 is 2.12 bits per heavy atom. The number of ether oxygens (including phenoxy) is 1. The third-order valence-electron chi connectivity index (χ3n) is 4.19. The predicted octanol–water partition coefficient (Wildman–Crippen LogP) is 4.36. The fourth-order valence-electron chi connectivity index (χ4n) is 2.87. The molecule has 1 N–H and O–H groups in total. The summed E-state index contributed by atoms with van der Waals surface area (Å²) in [5.41, 5.74) is 3.64. The van der Waals surface area contributed by atoms with Crippen LogP contribution >= 0.6 is 11.3 Å². The van der Waals surface area contributed by atoms with Gasteiger partial charge < -0.3 is 15.0 Å². The van der Waals surface area contributed by atoms with Crippen LogP contribution in [0.25, 0.3) is 10.2 Å². The first-order valence-electron chi connectivity index (χ1n) is 8.46. The van der Waals surface area contributed by atoms with E-state index >= 15 is 0 Å². The smallest absolute Gasteiger partial charge is 0.410 e. The van der Waals surface area contributed by atoms with Gasteiger partial charge in [-0.15, -0.1) is 11.3 Å². The Kier molecular flexibility index (Phi) is 4.94. The molecule has 0 unspecified atom stereocenters. The molecule has 0 spiro atoms. The number of amides is 1. The number of hydrogen-bond acceptors (Lipinski definition) is 5. The maximum absolute atomic E-state index is 12.1. The molecule has 0 bridgehead atoms. The van der Waals surface area contributed by atoms with Gasteiger partial charge in [0.05, 0.1) is 15.7 Å². The van der Waals surface area contributed by atoms with Gasteiger partial charge in [0.25, 0.3) is 0 Å². The van der Waals surface area contributed by atoms with Crippen LogP contribution in [0.4, 0.5) is 10.5 Å². The molecule has 1 saturated heterocycles. The SMILES string of the molecule is CC(C)(C)OC(=O)N1CCC(CNc2ccc3ncsc3c2)CC1. The van der Waals surface area contributed by atoms with Crippen molar-refractivity contribution < 1.29 is 9.53 Å². The lowest BCUT2D eigenvalue weighted by atomic mass is 9.97. The standard InChI is InChI=1S/C18H25N3O2S/c1-18(2,3)23-17(22)21-8-6-13(7-9-21)11-19-14-4-5-15-16(10-14)24-12-20-15/h4-5,10,12-13,19H,6-9,11H2,1-3H3. The van der Waals surface area contributed by atoms with Crippen LogP contribution in [0.2, 0.25) is 0 Å². The summed E-state index contributed by atoms with van der Waals surface area (Å²) in [6.07, 6.45) is 1.83. The Morgan fingerprint density at radius 3 is 2.83 bits per heavy atom. The van der Waals surface area contributed by atoms with Crippen molar-refractivity contribution in [1.29, 1.82) is 0 Å². The first kappa shape index (κ1) is 17.0. The molecule has 1 amide bonds.